The fraction of sp³-hybridized carbons (Fsp3) is 1.00. The van der Waals surface area contributed by atoms with Crippen LogP contribution in [0.1, 0.15) is 97.3 Å². The van der Waals surface area contributed by atoms with Crippen LogP contribution in [0.4, 0.5) is 0 Å². The minimum absolute atomic E-state index is 0.761. The first-order chi connectivity index (χ1) is 8.82. The third kappa shape index (κ3) is 3.11. The van der Waals surface area contributed by atoms with Crippen molar-refractivity contribution in [3.63, 3.8) is 0 Å². The van der Waals surface area contributed by atoms with Crippen molar-refractivity contribution in [2.75, 3.05) is 0 Å². The van der Waals surface area contributed by atoms with Gasteiger partial charge < -0.3 is 0 Å². The van der Waals surface area contributed by atoms with E-state index in [0.29, 0.717) is 0 Å². The van der Waals surface area contributed by atoms with Crippen LogP contribution in [0.3, 0.4) is 0 Å². The maximum Gasteiger partial charge on any atom is -0.0269 e. The summed E-state index contributed by atoms with van der Waals surface area (Å²) in [6, 6.07) is 0. The molecule has 0 aliphatic heterocycles. The summed E-state index contributed by atoms with van der Waals surface area (Å²) in [6.45, 7) is 4.84. The predicted molar refractivity (Wildman–Crippen MR) is 80.8 cm³/mol. The molecule has 2 atom stereocenters. The summed E-state index contributed by atoms with van der Waals surface area (Å²) in [4.78, 5) is 0. The molecular weight excluding hydrogens is 216 g/mol. The topological polar surface area (TPSA) is 0 Å². The Morgan fingerprint density at radius 3 is 2.28 bits per heavy atom. The summed E-state index contributed by atoms with van der Waals surface area (Å²) in [5.41, 5.74) is 0.761. The monoisotopic (exact) mass is 250 g/mol. The van der Waals surface area contributed by atoms with Gasteiger partial charge in [-0.2, -0.15) is 0 Å². The van der Waals surface area contributed by atoms with E-state index < -0.39 is 0 Å². The Hall–Kier alpha value is 0. The Kier molecular flexibility index (Phi) is 5.57. The lowest BCUT2D eigenvalue weighted by molar-refractivity contribution is 0.0175. The van der Waals surface area contributed by atoms with Crippen LogP contribution >= 0.6 is 0 Å². The smallest absolute Gasteiger partial charge is 0.0269 e. The summed E-state index contributed by atoms with van der Waals surface area (Å²) in [6.07, 6.45) is 19.7. The van der Waals surface area contributed by atoms with Crippen molar-refractivity contribution in [2.45, 2.75) is 97.3 Å². The van der Waals surface area contributed by atoms with Crippen LogP contribution in [-0.4, -0.2) is 0 Å². The Labute approximate surface area is 115 Å². The van der Waals surface area contributed by atoms with Gasteiger partial charge in [-0.05, 0) is 36.5 Å². The maximum atomic E-state index is 2.48. The molecule has 0 spiro atoms. The fourth-order valence-electron chi connectivity index (χ4n) is 5.07. The summed E-state index contributed by atoms with van der Waals surface area (Å²) in [5, 5.41) is 0. The predicted octanol–water partition coefficient (Wildman–Crippen LogP) is 6.34. The zero-order valence-corrected chi connectivity index (χ0v) is 12.8. The lowest BCUT2D eigenvalue weighted by Gasteiger charge is -2.49. The largest absolute Gasteiger partial charge is 0.0654 e. The Balaban J connectivity index is 2.05. The van der Waals surface area contributed by atoms with Crippen LogP contribution in [0.25, 0.3) is 0 Å². The average Bonchev–Trinajstić information content (AvgIpc) is 2.46. The van der Waals surface area contributed by atoms with E-state index in [-0.39, 0.29) is 0 Å². The quantitative estimate of drug-likeness (QED) is 0.534. The van der Waals surface area contributed by atoms with Gasteiger partial charge in [0.15, 0.2) is 0 Å². The molecule has 106 valence electrons. The van der Waals surface area contributed by atoms with Gasteiger partial charge in [-0.15, -0.1) is 0 Å². The van der Waals surface area contributed by atoms with Crippen LogP contribution in [0.15, 0.2) is 0 Å². The van der Waals surface area contributed by atoms with Crippen LogP contribution in [-0.2, 0) is 0 Å². The van der Waals surface area contributed by atoms with E-state index in [1.165, 1.54) is 57.8 Å². The van der Waals surface area contributed by atoms with Gasteiger partial charge in [-0.25, -0.2) is 0 Å². The molecule has 0 heterocycles. The van der Waals surface area contributed by atoms with E-state index in [2.05, 4.69) is 13.8 Å². The molecule has 0 aromatic heterocycles. The van der Waals surface area contributed by atoms with Crippen LogP contribution in [0.2, 0.25) is 0 Å². The van der Waals surface area contributed by atoms with Gasteiger partial charge in [0.1, 0.15) is 0 Å². The second kappa shape index (κ2) is 6.96. The number of hydrogen-bond acceptors (Lipinski definition) is 0. The number of unbranched alkanes of at least 4 members (excludes halogenated alkanes) is 1. The average molecular weight is 250 g/mol. The van der Waals surface area contributed by atoms with Gasteiger partial charge in [0.25, 0.3) is 0 Å². The van der Waals surface area contributed by atoms with Gasteiger partial charge in [-0.3, -0.25) is 0 Å². The van der Waals surface area contributed by atoms with E-state index in [1.54, 1.807) is 25.7 Å². The van der Waals surface area contributed by atoms with Crippen molar-refractivity contribution in [1.29, 1.82) is 0 Å². The molecule has 0 amide bonds. The van der Waals surface area contributed by atoms with Crippen molar-refractivity contribution in [3.05, 3.63) is 0 Å². The first kappa shape index (κ1) is 14.4. The minimum atomic E-state index is 0.761. The van der Waals surface area contributed by atoms with Crippen molar-refractivity contribution >= 4 is 0 Å². The second-order valence-electron chi connectivity index (χ2n) is 7.07. The summed E-state index contributed by atoms with van der Waals surface area (Å²) in [7, 11) is 0. The summed E-state index contributed by atoms with van der Waals surface area (Å²) < 4.78 is 0. The molecule has 2 fully saturated rings. The highest BCUT2D eigenvalue weighted by Gasteiger charge is 2.42. The molecule has 0 N–H and O–H groups in total. The summed E-state index contributed by atoms with van der Waals surface area (Å²) >= 11 is 0. The van der Waals surface area contributed by atoms with E-state index in [1.807, 2.05) is 0 Å². The Bertz CT molecular complexity index is 224. The van der Waals surface area contributed by atoms with Crippen LogP contribution in [0, 0.1) is 17.3 Å². The Morgan fingerprint density at radius 1 is 0.889 bits per heavy atom. The third-order valence-electron chi connectivity index (χ3n) is 6.18. The van der Waals surface area contributed by atoms with Crippen molar-refractivity contribution in [3.8, 4) is 0 Å². The second-order valence-corrected chi connectivity index (χ2v) is 7.07. The van der Waals surface area contributed by atoms with Gasteiger partial charge in [0.05, 0.1) is 0 Å². The molecular formula is C18H34. The molecule has 0 aromatic rings. The van der Waals surface area contributed by atoms with Gasteiger partial charge in [0.2, 0.25) is 0 Å². The Morgan fingerprint density at radius 2 is 1.61 bits per heavy atom. The first-order valence-electron chi connectivity index (χ1n) is 8.82. The van der Waals surface area contributed by atoms with Gasteiger partial charge in [0, 0.05) is 0 Å². The molecule has 0 bridgehead atoms. The van der Waals surface area contributed by atoms with Crippen molar-refractivity contribution < 1.29 is 0 Å². The highest BCUT2D eigenvalue weighted by atomic mass is 14.5. The zero-order valence-electron chi connectivity index (χ0n) is 12.8. The number of hydrogen-bond donors (Lipinski definition) is 0. The molecule has 2 aliphatic rings. The molecule has 2 aliphatic carbocycles. The van der Waals surface area contributed by atoms with Crippen molar-refractivity contribution in [1.82, 2.24) is 0 Å². The van der Waals surface area contributed by atoms with Gasteiger partial charge in [-0.1, -0.05) is 78.1 Å². The molecule has 0 heteroatoms. The normalized spacial score (nSPS) is 32.3. The van der Waals surface area contributed by atoms with E-state index in [0.717, 1.165) is 17.3 Å². The van der Waals surface area contributed by atoms with E-state index in [4.69, 9.17) is 0 Å². The van der Waals surface area contributed by atoms with Crippen LogP contribution in [0.5, 0.6) is 0 Å². The standard InChI is InChI=1S/C18H34/c1-3-5-11-16-12-7-8-13-17(16)18(4-2)14-9-6-10-15-18/h16-17H,3-15H2,1-2H3. The molecule has 0 radical (unpaired) electrons. The molecule has 2 rings (SSSR count). The SMILES string of the molecule is CCCCC1CCCCC1C1(CC)CCCCC1. The molecule has 2 saturated carbocycles. The van der Waals surface area contributed by atoms with E-state index in [9.17, 15) is 0 Å². The lowest BCUT2D eigenvalue weighted by atomic mass is 9.56. The first-order valence-corrected chi connectivity index (χ1v) is 8.82. The fourth-order valence-corrected chi connectivity index (χ4v) is 5.07. The molecule has 0 aromatic carbocycles. The maximum absolute atomic E-state index is 2.48. The molecule has 0 saturated heterocycles. The van der Waals surface area contributed by atoms with E-state index >= 15 is 0 Å². The van der Waals surface area contributed by atoms with Gasteiger partial charge >= 0.3 is 0 Å². The number of rotatable bonds is 5. The molecule has 0 nitrogen and oxygen atoms in total. The summed E-state index contributed by atoms with van der Waals surface area (Å²) in [5.74, 6) is 2.17. The molecule has 18 heavy (non-hydrogen) atoms. The minimum Gasteiger partial charge on any atom is -0.0654 e. The van der Waals surface area contributed by atoms with Crippen molar-refractivity contribution in [2.24, 2.45) is 17.3 Å². The highest BCUT2D eigenvalue weighted by Crippen LogP contribution is 2.53. The third-order valence-corrected chi connectivity index (χ3v) is 6.18. The zero-order chi connectivity index (χ0) is 12.8. The highest BCUT2D eigenvalue weighted by molar-refractivity contribution is 4.92. The lowest BCUT2D eigenvalue weighted by Crippen LogP contribution is -2.38. The molecule has 2 unspecified atom stereocenters. The van der Waals surface area contributed by atoms with Crippen LogP contribution < -0.4 is 0 Å².